The van der Waals surface area contributed by atoms with Crippen LogP contribution >= 0.6 is 12.4 Å². The standard InChI is InChI=1S/C14H19N3.ClH/c1-2-10-17-12-14(11-16-17)15-9-8-13-6-4-3-5-7-13;/h3-7,11-12,15H,2,8-10H2,1H3;1H. The Morgan fingerprint density at radius 2 is 2.00 bits per heavy atom. The number of hydrogen-bond acceptors (Lipinski definition) is 2. The third-order valence-corrected chi connectivity index (χ3v) is 2.67. The minimum atomic E-state index is 0. The highest BCUT2D eigenvalue weighted by atomic mass is 35.5. The first kappa shape index (κ1) is 14.6. The summed E-state index contributed by atoms with van der Waals surface area (Å²) in [4.78, 5) is 0. The van der Waals surface area contributed by atoms with Crippen molar-refractivity contribution in [1.82, 2.24) is 9.78 Å². The highest BCUT2D eigenvalue weighted by Gasteiger charge is 1.97. The van der Waals surface area contributed by atoms with Crippen LogP contribution in [0.15, 0.2) is 42.7 Å². The number of benzene rings is 1. The van der Waals surface area contributed by atoms with E-state index >= 15 is 0 Å². The summed E-state index contributed by atoms with van der Waals surface area (Å²) in [6, 6.07) is 10.5. The van der Waals surface area contributed by atoms with Crippen LogP contribution in [0.4, 0.5) is 5.69 Å². The SMILES string of the molecule is CCCn1cc(NCCc2ccccc2)cn1.Cl. The van der Waals surface area contributed by atoms with E-state index in [9.17, 15) is 0 Å². The largest absolute Gasteiger partial charge is 0.382 e. The molecule has 2 rings (SSSR count). The molecule has 0 aliphatic carbocycles. The normalized spacial score (nSPS) is 9.83. The summed E-state index contributed by atoms with van der Waals surface area (Å²) < 4.78 is 1.98. The fourth-order valence-corrected chi connectivity index (χ4v) is 1.80. The van der Waals surface area contributed by atoms with Gasteiger partial charge in [-0.15, -0.1) is 12.4 Å². The van der Waals surface area contributed by atoms with Gasteiger partial charge in [0.15, 0.2) is 0 Å². The lowest BCUT2D eigenvalue weighted by Gasteiger charge is -2.03. The third-order valence-electron chi connectivity index (χ3n) is 2.67. The van der Waals surface area contributed by atoms with Crippen LogP contribution in [0.2, 0.25) is 0 Å². The molecule has 0 saturated heterocycles. The fourth-order valence-electron chi connectivity index (χ4n) is 1.80. The van der Waals surface area contributed by atoms with Gasteiger partial charge in [-0.05, 0) is 18.4 Å². The second-order valence-corrected chi connectivity index (χ2v) is 4.15. The maximum Gasteiger partial charge on any atom is 0.0726 e. The second kappa shape index (κ2) is 7.77. The van der Waals surface area contributed by atoms with Gasteiger partial charge in [0.05, 0.1) is 11.9 Å². The number of aryl methyl sites for hydroxylation is 1. The van der Waals surface area contributed by atoms with Crippen LogP contribution < -0.4 is 5.32 Å². The molecule has 0 fully saturated rings. The molecule has 1 heterocycles. The summed E-state index contributed by atoms with van der Waals surface area (Å²) in [5.41, 5.74) is 2.47. The predicted molar refractivity (Wildman–Crippen MR) is 78.4 cm³/mol. The smallest absolute Gasteiger partial charge is 0.0726 e. The van der Waals surface area contributed by atoms with Crippen LogP contribution in [0.3, 0.4) is 0 Å². The van der Waals surface area contributed by atoms with Gasteiger partial charge in [-0.1, -0.05) is 37.3 Å². The first-order valence-corrected chi connectivity index (χ1v) is 6.18. The van der Waals surface area contributed by atoms with Crippen molar-refractivity contribution in [3.8, 4) is 0 Å². The summed E-state index contributed by atoms with van der Waals surface area (Å²) in [6.07, 6.45) is 6.11. The number of halogens is 1. The molecular weight excluding hydrogens is 246 g/mol. The zero-order valence-electron chi connectivity index (χ0n) is 10.7. The second-order valence-electron chi connectivity index (χ2n) is 4.15. The zero-order chi connectivity index (χ0) is 11.9. The molecule has 0 unspecified atom stereocenters. The lowest BCUT2D eigenvalue weighted by molar-refractivity contribution is 0.603. The number of hydrogen-bond donors (Lipinski definition) is 1. The van der Waals surface area contributed by atoms with Crippen molar-refractivity contribution >= 4 is 18.1 Å². The minimum Gasteiger partial charge on any atom is -0.382 e. The van der Waals surface area contributed by atoms with Crippen LogP contribution in [-0.4, -0.2) is 16.3 Å². The third kappa shape index (κ3) is 4.41. The lowest BCUT2D eigenvalue weighted by Crippen LogP contribution is -2.04. The number of nitrogens with one attached hydrogen (secondary N) is 1. The van der Waals surface area contributed by atoms with Crippen molar-refractivity contribution < 1.29 is 0 Å². The van der Waals surface area contributed by atoms with E-state index < -0.39 is 0 Å². The fraction of sp³-hybridized carbons (Fsp3) is 0.357. The molecule has 0 spiro atoms. The van der Waals surface area contributed by atoms with E-state index in [2.05, 4.69) is 47.8 Å². The molecule has 4 heteroatoms. The molecule has 0 atom stereocenters. The van der Waals surface area contributed by atoms with E-state index in [1.165, 1.54) is 5.56 Å². The molecule has 0 saturated carbocycles. The maximum atomic E-state index is 4.29. The molecule has 1 N–H and O–H groups in total. The quantitative estimate of drug-likeness (QED) is 0.868. The molecule has 1 aromatic heterocycles. The Labute approximate surface area is 115 Å². The number of rotatable bonds is 6. The molecule has 0 bridgehead atoms. The Kier molecular flexibility index (Phi) is 6.29. The number of nitrogens with zero attached hydrogens (tertiary/aromatic N) is 2. The highest BCUT2D eigenvalue weighted by molar-refractivity contribution is 5.85. The number of aromatic nitrogens is 2. The minimum absolute atomic E-state index is 0. The van der Waals surface area contributed by atoms with E-state index in [4.69, 9.17) is 0 Å². The van der Waals surface area contributed by atoms with Crippen molar-refractivity contribution in [2.45, 2.75) is 26.3 Å². The topological polar surface area (TPSA) is 29.9 Å². The molecule has 0 aliphatic rings. The summed E-state index contributed by atoms with van der Waals surface area (Å²) in [7, 11) is 0. The molecule has 0 aliphatic heterocycles. The van der Waals surface area contributed by atoms with Crippen LogP contribution in [0, 0.1) is 0 Å². The first-order valence-electron chi connectivity index (χ1n) is 6.18. The van der Waals surface area contributed by atoms with Gasteiger partial charge in [0, 0.05) is 19.3 Å². The Morgan fingerprint density at radius 3 is 2.72 bits per heavy atom. The Balaban J connectivity index is 0.00000162. The molecule has 98 valence electrons. The zero-order valence-corrected chi connectivity index (χ0v) is 11.5. The van der Waals surface area contributed by atoms with Gasteiger partial charge in [-0.3, -0.25) is 4.68 Å². The van der Waals surface area contributed by atoms with E-state index in [0.717, 1.165) is 31.6 Å². The molecule has 0 radical (unpaired) electrons. The first-order chi connectivity index (χ1) is 8.38. The van der Waals surface area contributed by atoms with Crippen LogP contribution in [-0.2, 0) is 13.0 Å². The van der Waals surface area contributed by atoms with Crippen molar-refractivity contribution in [3.05, 3.63) is 48.3 Å². The Morgan fingerprint density at radius 1 is 1.22 bits per heavy atom. The van der Waals surface area contributed by atoms with Gasteiger partial charge in [-0.25, -0.2) is 0 Å². The van der Waals surface area contributed by atoms with E-state index in [1.54, 1.807) is 0 Å². The molecule has 1 aromatic carbocycles. The van der Waals surface area contributed by atoms with Gasteiger partial charge in [0.1, 0.15) is 0 Å². The van der Waals surface area contributed by atoms with Crippen molar-refractivity contribution in [2.75, 3.05) is 11.9 Å². The molecule has 18 heavy (non-hydrogen) atoms. The van der Waals surface area contributed by atoms with Crippen molar-refractivity contribution in [2.24, 2.45) is 0 Å². The summed E-state index contributed by atoms with van der Waals surface area (Å²) in [5, 5.41) is 7.67. The van der Waals surface area contributed by atoms with Crippen LogP contribution in [0.1, 0.15) is 18.9 Å². The molecular formula is C14H20ClN3. The van der Waals surface area contributed by atoms with E-state index in [-0.39, 0.29) is 12.4 Å². The summed E-state index contributed by atoms with van der Waals surface area (Å²) >= 11 is 0. The average molecular weight is 266 g/mol. The monoisotopic (exact) mass is 265 g/mol. The highest BCUT2D eigenvalue weighted by Crippen LogP contribution is 2.06. The maximum absolute atomic E-state index is 4.29. The summed E-state index contributed by atoms with van der Waals surface area (Å²) in [6.45, 7) is 4.09. The summed E-state index contributed by atoms with van der Waals surface area (Å²) in [5.74, 6) is 0. The van der Waals surface area contributed by atoms with E-state index in [1.807, 2.05) is 16.9 Å². The predicted octanol–water partition coefficient (Wildman–Crippen LogP) is 3.37. The molecule has 3 nitrogen and oxygen atoms in total. The Bertz CT molecular complexity index is 439. The van der Waals surface area contributed by atoms with E-state index in [0.29, 0.717) is 0 Å². The Hall–Kier alpha value is -1.48. The lowest BCUT2D eigenvalue weighted by atomic mass is 10.1. The van der Waals surface area contributed by atoms with Gasteiger partial charge in [0.25, 0.3) is 0 Å². The van der Waals surface area contributed by atoms with Crippen LogP contribution in [0.25, 0.3) is 0 Å². The van der Waals surface area contributed by atoms with Gasteiger partial charge < -0.3 is 5.32 Å². The average Bonchev–Trinajstić information content (AvgIpc) is 2.79. The van der Waals surface area contributed by atoms with Crippen LogP contribution in [0.5, 0.6) is 0 Å². The molecule has 2 aromatic rings. The van der Waals surface area contributed by atoms with Crippen molar-refractivity contribution in [1.29, 1.82) is 0 Å². The number of anilines is 1. The van der Waals surface area contributed by atoms with Gasteiger partial charge in [0.2, 0.25) is 0 Å². The van der Waals surface area contributed by atoms with Crippen molar-refractivity contribution in [3.63, 3.8) is 0 Å². The van der Waals surface area contributed by atoms with Gasteiger partial charge >= 0.3 is 0 Å². The van der Waals surface area contributed by atoms with Gasteiger partial charge in [-0.2, -0.15) is 5.10 Å². The molecule has 0 amide bonds.